The van der Waals surface area contributed by atoms with E-state index in [1.54, 1.807) is 12.4 Å². The predicted octanol–water partition coefficient (Wildman–Crippen LogP) is 4.47. The van der Waals surface area contributed by atoms with Gasteiger partial charge in [-0.25, -0.2) is 4.98 Å². The number of nitrogens with zero attached hydrogens (tertiary/aromatic N) is 3. The lowest BCUT2D eigenvalue weighted by molar-refractivity contribution is 1.34. The first-order valence-electron chi connectivity index (χ1n) is 8.35. The quantitative estimate of drug-likeness (QED) is 0.378. The van der Waals surface area contributed by atoms with Gasteiger partial charge < -0.3 is 4.98 Å². The van der Waals surface area contributed by atoms with Gasteiger partial charge in [0.15, 0.2) is 16.3 Å². The Balaban J connectivity index is 1.82. The van der Waals surface area contributed by atoms with Crippen LogP contribution in [0.2, 0.25) is 0 Å². The lowest BCUT2D eigenvalue weighted by Gasteiger charge is -2.03. The van der Waals surface area contributed by atoms with Crippen LogP contribution in [-0.2, 0) is 0 Å². The molecule has 0 aliphatic heterocycles. The number of hydrogen-bond donors (Lipinski definition) is 1. The molecule has 120 valence electrons. The number of rotatable bonds is 2. The van der Waals surface area contributed by atoms with Gasteiger partial charge in [-0.3, -0.25) is 9.97 Å². The summed E-state index contributed by atoms with van der Waals surface area (Å²) in [6.07, 6.45) is 5.65. The van der Waals surface area contributed by atoms with Crippen molar-refractivity contribution in [1.82, 2.24) is 19.9 Å². The molecule has 5 heteroatoms. The molecule has 1 N–H and O–H groups in total. The molecule has 0 amide bonds. The molecule has 4 nitrogen and oxygen atoms in total. The number of pyridine rings is 2. The number of benzene rings is 2. The molecule has 5 aromatic rings. The fraction of sp³-hybridized carbons (Fsp3) is 0. The van der Waals surface area contributed by atoms with E-state index in [4.69, 9.17) is 4.98 Å². The summed E-state index contributed by atoms with van der Waals surface area (Å²) in [7, 11) is 0. The number of hydrogen-bond acceptors (Lipinski definition) is 3. The summed E-state index contributed by atoms with van der Waals surface area (Å²) in [5.74, 6) is 0.850. The SMILES string of the molecule is [Al]/[CH]=C/c1ccc(-c2nc3c4cccnc4c4ncccc4c3[nH]2)cc1. The summed E-state index contributed by atoms with van der Waals surface area (Å²) in [6, 6.07) is 16.3. The number of nitrogens with one attached hydrogen (secondary N) is 1. The van der Waals surface area contributed by atoms with Gasteiger partial charge in [-0.05, 0) is 29.8 Å². The molecule has 26 heavy (non-hydrogen) atoms. The zero-order chi connectivity index (χ0) is 17.5. The second kappa shape index (κ2) is 6.07. The lowest BCUT2D eigenvalue weighted by atomic mass is 10.1. The number of aromatic nitrogens is 4. The van der Waals surface area contributed by atoms with E-state index >= 15 is 0 Å². The third-order valence-electron chi connectivity index (χ3n) is 4.54. The zero-order valence-corrected chi connectivity index (χ0v) is 15.0. The monoisotopic (exact) mass is 348 g/mol. The second-order valence-corrected chi connectivity index (χ2v) is 6.47. The molecular weight excluding hydrogens is 335 g/mol. The van der Waals surface area contributed by atoms with E-state index in [1.165, 1.54) is 0 Å². The van der Waals surface area contributed by atoms with E-state index in [-0.39, 0.29) is 0 Å². The summed E-state index contributed by atoms with van der Waals surface area (Å²) in [5.41, 5.74) is 5.91. The van der Waals surface area contributed by atoms with Gasteiger partial charge in [0.1, 0.15) is 5.82 Å². The highest BCUT2D eigenvalue weighted by Crippen LogP contribution is 2.33. The van der Waals surface area contributed by atoms with Crippen molar-refractivity contribution in [2.24, 2.45) is 0 Å². The first-order chi connectivity index (χ1) is 12.8. The number of H-pyrrole nitrogens is 1. The highest BCUT2D eigenvalue weighted by molar-refractivity contribution is 6.21. The van der Waals surface area contributed by atoms with Crippen molar-refractivity contribution in [2.45, 2.75) is 0 Å². The van der Waals surface area contributed by atoms with Crippen LogP contribution in [0.15, 0.2) is 65.9 Å². The third kappa shape index (κ3) is 2.33. The molecule has 0 aliphatic rings. The number of imidazole rings is 1. The van der Waals surface area contributed by atoms with Crippen molar-refractivity contribution in [2.75, 3.05) is 0 Å². The van der Waals surface area contributed by atoms with Gasteiger partial charge in [0, 0.05) is 28.7 Å². The molecule has 0 saturated carbocycles. The Morgan fingerprint density at radius 2 is 1.50 bits per heavy atom. The van der Waals surface area contributed by atoms with E-state index < -0.39 is 0 Å². The maximum absolute atomic E-state index is 4.89. The van der Waals surface area contributed by atoms with Crippen LogP contribution in [0.25, 0.3) is 50.3 Å². The van der Waals surface area contributed by atoms with Crippen LogP contribution in [0.4, 0.5) is 0 Å². The van der Waals surface area contributed by atoms with Gasteiger partial charge in [-0.2, -0.15) is 4.94 Å². The van der Waals surface area contributed by atoms with Crippen molar-refractivity contribution in [1.29, 1.82) is 0 Å². The van der Waals surface area contributed by atoms with Crippen molar-refractivity contribution < 1.29 is 0 Å². The van der Waals surface area contributed by atoms with Crippen molar-refractivity contribution in [3.8, 4) is 11.4 Å². The normalized spacial score (nSPS) is 11.8. The Bertz CT molecular complexity index is 1210. The topological polar surface area (TPSA) is 54.5 Å². The summed E-state index contributed by atoms with van der Waals surface area (Å²) in [6.45, 7) is 0. The minimum atomic E-state index is 0.850. The summed E-state index contributed by atoms with van der Waals surface area (Å²) in [5, 5.41) is 2.05. The largest absolute Gasteiger partial charge is 0.337 e. The van der Waals surface area contributed by atoms with Crippen LogP contribution in [0, 0.1) is 0 Å². The Kier molecular flexibility index (Phi) is 3.56. The molecule has 0 unspecified atom stereocenters. The molecule has 2 radical (unpaired) electrons. The average Bonchev–Trinajstić information content (AvgIpc) is 3.15. The van der Waals surface area contributed by atoms with Gasteiger partial charge in [-0.15, -0.1) is 0 Å². The van der Waals surface area contributed by atoms with Gasteiger partial charge in [0.05, 0.1) is 22.1 Å². The molecule has 0 spiro atoms. The smallest absolute Gasteiger partial charge is 0.162 e. The first kappa shape index (κ1) is 15.3. The number of fused-ring (bicyclic) bond motifs is 6. The minimum absolute atomic E-state index is 0.850. The van der Waals surface area contributed by atoms with Crippen LogP contribution in [-0.4, -0.2) is 36.2 Å². The fourth-order valence-electron chi connectivity index (χ4n) is 3.34. The Morgan fingerprint density at radius 3 is 2.23 bits per heavy atom. The molecule has 3 heterocycles. The number of aromatic amines is 1. The molecule has 5 rings (SSSR count). The maximum Gasteiger partial charge on any atom is 0.162 e. The first-order valence-corrected chi connectivity index (χ1v) is 9.01. The molecule has 0 saturated heterocycles. The van der Waals surface area contributed by atoms with Gasteiger partial charge in [0.2, 0.25) is 0 Å². The van der Waals surface area contributed by atoms with E-state index in [0.29, 0.717) is 0 Å². The Hall–Kier alpha value is -3.00. The van der Waals surface area contributed by atoms with Crippen molar-refractivity contribution in [3.63, 3.8) is 0 Å². The van der Waals surface area contributed by atoms with Crippen LogP contribution in [0.1, 0.15) is 5.56 Å². The minimum Gasteiger partial charge on any atom is -0.337 e. The van der Waals surface area contributed by atoms with E-state index in [1.807, 2.05) is 23.1 Å². The maximum atomic E-state index is 4.89. The van der Waals surface area contributed by atoms with Gasteiger partial charge in [-0.1, -0.05) is 30.3 Å². The van der Waals surface area contributed by atoms with Crippen LogP contribution < -0.4 is 0 Å². The molecular formula is C21H13AlN4. The van der Waals surface area contributed by atoms with E-state index in [2.05, 4.69) is 67.6 Å². The molecule has 0 fully saturated rings. The summed E-state index contributed by atoms with van der Waals surface area (Å²) in [4.78, 5) is 19.4. The molecule has 0 atom stereocenters. The lowest BCUT2D eigenvalue weighted by Crippen LogP contribution is -1.86. The molecule has 2 aromatic carbocycles. The molecule has 0 aliphatic carbocycles. The van der Waals surface area contributed by atoms with Gasteiger partial charge in [0.25, 0.3) is 0 Å². The summed E-state index contributed by atoms with van der Waals surface area (Å²) >= 11 is 2.59. The summed E-state index contributed by atoms with van der Waals surface area (Å²) < 4.78 is 0. The van der Waals surface area contributed by atoms with Crippen LogP contribution in [0.3, 0.4) is 0 Å². The van der Waals surface area contributed by atoms with E-state index in [0.717, 1.165) is 49.8 Å². The highest BCUT2D eigenvalue weighted by atomic mass is 27.0. The zero-order valence-electron chi connectivity index (χ0n) is 13.8. The van der Waals surface area contributed by atoms with E-state index in [9.17, 15) is 0 Å². The van der Waals surface area contributed by atoms with Gasteiger partial charge >= 0.3 is 0 Å². The average molecular weight is 348 g/mol. The Morgan fingerprint density at radius 1 is 0.808 bits per heavy atom. The standard InChI is InChI=1S/C21H13N4.Al/c1-2-13-7-9-14(10-8-13)21-24-19-15-5-3-11-22-17(15)18-16(20(19)25-21)6-4-12-23-18;/h1-12H,(H,24,25);. The highest BCUT2D eigenvalue weighted by Gasteiger charge is 2.14. The van der Waals surface area contributed by atoms with Crippen molar-refractivity contribution in [3.05, 3.63) is 71.4 Å². The van der Waals surface area contributed by atoms with Crippen LogP contribution in [0.5, 0.6) is 0 Å². The predicted molar refractivity (Wildman–Crippen MR) is 107 cm³/mol. The fourth-order valence-corrected chi connectivity index (χ4v) is 3.57. The molecule has 3 aromatic heterocycles. The third-order valence-corrected chi connectivity index (χ3v) is 4.73. The van der Waals surface area contributed by atoms with Crippen LogP contribution >= 0.6 is 0 Å². The Labute approximate surface area is 158 Å². The van der Waals surface area contributed by atoms with Crippen molar-refractivity contribution >= 4 is 55.2 Å². The second-order valence-electron chi connectivity index (χ2n) is 6.09. The molecule has 0 bridgehead atoms.